The van der Waals surface area contributed by atoms with Crippen LogP contribution in [0.1, 0.15) is 46.1 Å². The molecule has 184 valence electrons. The number of hydrogen-bond donors (Lipinski definition) is 2. The quantitative estimate of drug-likeness (QED) is 0.514. The van der Waals surface area contributed by atoms with Crippen molar-refractivity contribution in [1.29, 1.82) is 0 Å². The summed E-state index contributed by atoms with van der Waals surface area (Å²) in [6, 6.07) is 3.52. The molecule has 1 unspecified atom stereocenters. The zero-order valence-electron chi connectivity index (χ0n) is 20.4. The molecule has 2 aromatic heterocycles. The first-order valence-corrected chi connectivity index (χ1v) is 11.5. The van der Waals surface area contributed by atoms with Gasteiger partial charge in [0.05, 0.1) is 17.8 Å². The van der Waals surface area contributed by atoms with Crippen molar-refractivity contribution in [3.8, 4) is 0 Å². The minimum Gasteiger partial charge on any atom is -0.383 e. The van der Waals surface area contributed by atoms with Crippen LogP contribution in [0.2, 0.25) is 0 Å². The largest absolute Gasteiger partial charge is 0.383 e. The molecule has 3 amide bonds. The van der Waals surface area contributed by atoms with Gasteiger partial charge in [0.1, 0.15) is 12.1 Å². The Hall–Kier alpha value is -4.02. The summed E-state index contributed by atoms with van der Waals surface area (Å²) in [4.78, 5) is 48.5. The van der Waals surface area contributed by atoms with Crippen molar-refractivity contribution in [2.24, 2.45) is 0 Å². The van der Waals surface area contributed by atoms with Gasteiger partial charge in [-0.25, -0.2) is 14.6 Å². The topological polar surface area (TPSA) is 139 Å². The fourth-order valence-electron chi connectivity index (χ4n) is 4.39. The number of nitrogens with one attached hydrogen (secondary N) is 1. The molecule has 11 heteroatoms. The number of nitrogen functional groups attached to an aromatic ring is 1. The number of carbonyl (C=O) groups is 3. The number of benzene rings is 1. The van der Waals surface area contributed by atoms with Crippen molar-refractivity contribution in [2.75, 3.05) is 38.2 Å². The Bertz CT molecular complexity index is 1300. The lowest BCUT2D eigenvalue weighted by molar-refractivity contribution is -0.128. The third-order valence-electron chi connectivity index (χ3n) is 6.64. The van der Waals surface area contributed by atoms with Crippen LogP contribution < -0.4 is 11.1 Å². The minimum atomic E-state index is -0.432. The number of nitrogens with zero attached hydrogens (tertiary/aromatic N) is 6. The van der Waals surface area contributed by atoms with E-state index in [4.69, 9.17) is 5.73 Å². The third kappa shape index (κ3) is 4.66. The Morgan fingerprint density at radius 2 is 2.00 bits per heavy atom. The van der Waals surface area contributed by atoms with E-state index in [0.29, 0.717) is 29.8 Å². The van der Waals surface area contributed by atoms with Gasteiger partial charge in [0, 0.05) is 32.9 Å². The molecule has 1 atom stereocenters. The summed E-state index contributed by atoms with van der Waals surface area (Å²) in [5.74, 6) is -0.259. The van der Waals surface area contributed by atoms with Gasteiger partial charge in [0.25, 0.3) is 5.91 Å². The molecule has 1 fully saturated rings. The maximum atomic E-state index is 13.4. The third-order valence-corrected chi connectivity index (χ3v) is 6.64. The second kappa shape index (κ2) is 9.69. The van der Waals surface area contributed by atoms with Crippen molar-refractivity contribution in [2.45, 2.75) is 39.2 Å². The molecule has 1 aliphatic rings. The minimum absolute atomic E-state index is 0.00706. The van der Waals surface area contributed by atoms with E-state index in [1.165, 1.54) is 6.33 Å². The van der Waals surface area contributed by atoms with Crippen molar-refractivity contribution in [3.05, 3.63) is 40.8 Å². The first-order valence-electron chi connectivity index (χ1n) is 11.5. The Labute approximate surface area is 203 Å². The number of aromatic nitrogens is 4. The Balaban J connectivity index is 1.66. The maximum absolute atomic E-state index is 13.4. The zero-order valence-corrected chi connectivity index (χ0v) is 20.4. The molecule has 3 heterocycles. The molecule has 3 N–H and O–H groups in total. The second-order valence-corrected chi connectivity index (χ2v) is 9.09. The summed E-state index contributed by atoms with van der Waals surface area (Å²) in [6.45, 7) is 5.01. The summed E-state index contributed by atoms with van der Waals surface area (Å²) >= 11 is 0. The van der Waals surface area contributed by atoms with Crippen molar-refractivity contribution >= 4 is 40.8 Å². The molecule has 1 saturated heterocycles. The highest BCUT2D eigenvalue weighted by atomic mass is 16.2. The van der Waals surface area contributed by atoms with E-state index >= 15 is 0 Å². The van der Waals surface area contributed by atoms with E-state index in [9.17, 15) is 14.4 Å². The fraction of sp³-hybridized carbons (Fsp3) is 0.417. The number of piperidine rings is 1. The predicted molar refractivity (Wildman–Crippen MR) is 132 cm³/mol. The highest BCUT2D eigenvalue weighted by Gasteiger charge is 2.28. The van der Waals surface area contributed by atoms with Crippen LogP contribution in [-0.2, 0) is 16.0 Å². The van der Waals surface area contributed by atoms with Crippen LogP contribution in [0.3, 0.4) is 0 Å². The number of hydrogen-bond acceptors (Lipinski definition) is 7. The van der Waals surface area contributed by atoms with E-state index in [1.807, 2.05) is 19.9 Å². The number of anilines is 2. The van der Waals surface area contributed by atoms with Crippen LogP contribution in [0.4, 0.5) is 11.5 Å². The first-order chi connectivity index (χ1) is 16.7. The van der Waals surface area contributed by atoms with Crippen LogP contribution in [0.5, 0.6) is 0 Å². The van der Waals surface area contributed by atoms with E-state index < -0.39 is 5.91 Å². The summed E-state index contributed by atoms with van der Waals surface area (Å²) < 4.78 is 1.69. The Kier molecular flexibility index (Phi) is 6.68. The second-order valence-electron chi connectivity index (χ2n) is 9.09. The highest BCUT2D eigenvalue weighted by Crippen LogP contribution is 2.29. The molecule has 1 aliphatic heterocycles. The number of likely N-dealkylation sites (N-methyl/N-ethyl adjacent to an activating group) is 1. The van der Waals surface area contributed by atoms with Crippen molar-refractivity contribution < 1.29 is 14.4 Å². The smallest absolute Gasteiger partial charge is 0.277 e. The molecular weight excluding hydrogens is 448 g/mol. The molecule has 3 aromatic rings. The molecule has 0 bridgehead atoms. The molecule has 1 aromatic carbocycles. The van der Waals surface area contributed by atoms with E-state index in [2.05, 4.69) is 20.4 Å². The number of rotatable bonds is 6. The number of nitrogens with two attached hydrogens (primary N) is 1. The molecular formula is C24H30N8O3. The van der Waals surface area contributed by atoms with Gasteiger partial charge in [-0.05, 0) is 49.4 Å². The van der Waals surface area contributed by atoms with Crippen LogP contribution in [0.25, 0.3) is 11.0 Å². The van der Waals surface area contributed by atoms with Crippen molar-refractivity contribution in [3.63, 3.8) is 0 Å². The summed E-state index contributed by atoms with van der Waals surface area (Å²) in [5.41, 5.74) is 10.1. The number of likely N-dealkylation sites (tertiary alicyclic amines) is 1. The Morgan fingerprint density at radius 3 is 2.71 bits per heavy atom. The lowest BCUT2D eigenvalue weighted by atomic mass is 9.98. The lowest BCUT2D eigenvalue weighted by Crippen LogP contribution is -2.36. The molecule has 11 nitrogen and oxygen atoms in total. The lowest BCUT2D eigenvalue weighted by Gasteiger charge is -2.30. The Morgan fingerprint density at radius 1 is 1.23 bits per heavy atom. The number of fused-ring (bicyclic) bond motifs is 1. The summed E-state index contributed by atoms with van der Waals surface area (Å²) in [6.07, 6.45) is 4.09. The van der Waals surface area contributed by atoms with Gasteiger partial charge in [0.15, 0.2) is 11.3 Å². The fourth-order valence-corrected chi connectivity index (χ4v) is 4.39. The molecule has 35 heavy (non-hydrogen) atoms. The van der Waals surface area contributed by atoms with Gasteiger partial charge in [-0.1, -0.05) is 6.07 Å². The van der Waals surface area contributed by atoms with E-state index in [-0.39, 0.29) is 29.9 Å². The highest BCUT2D eigenvalue weighted by molar-refractivity contribution is 6.13. The number of amides is 3. The molecule has 0 radical (unpaired) electrons. The summed E-state index contributed by atoms with van der Waals surface area (Å²) in [7, 11) is 3.45. The van der Waals surface area contributed by atoms with Gasteiger partial charge >= 0.3 is 0 Å². The van der Waals surface area contributed by atoms with Gasteiger partial charge in [-0.15, -0.1) is 0 Å². The molecule has 4 rings (SSSR count). The van der Waals surface area contributed by atoms with Crippen LogP contribution in [-0.4, -0.2) is 75.0 Å². The standard InChI is InChI=1S/C24H30N8O3/c1-14-15(2)18(8-7-16(14)10-19(34)30(3)4)28-24(35)21-20-22(25)26-12-27-23(20)32(29-21)17-6-5-9-31(11-17)13-33/h7-8,12-13,17H,5-6,9-11H2,1-4H3,(H,28,35)(H2,25,26,27). The summed E-state index contributed by atoms with van der Waals surface area (Å²) in [5, 5.41) is 7.92. The van der Waals surface area contributed by atoms with Crippen LogP contribution >= 0.6 is 0 Å². The van der Waals surface area contributed by atoms with E-state index in [0.717, 1.165) is 35.9 Å². The predicted octanol–water partition coefficient (Wildman–Crippen LogP) is 1.70. The first kappa shape index (κ1) is 24.1. The van der Waals surface area contributed by atoms with Gasteiger partial charge in [-0.3, -0.25) is 14.4 Å². The van der Waals surface area contributed by atoms with Crippen LogP contribution in [0.15, 0.2) is 18.5 Å². The van der Waals surface area contributed by atoms with E-state index in [1.54, 1.807) is 34.6 Å². The maximum Gasteiger partial charge on any atom is 0.277 e. The van der Waals surface area contributed by atoms with Gasteiger partial charge < -0.3 is 20.9 Å². The molecule has 0 spiro atoms. The molecule has 0 aliphatic carbocycles. The average Bonchev–Trinajstić information content (AvgIpc) is 3.25. The van der Waals surface area contributed by atoms with Gasteiger partial charge in [0.2, 0.25) is 12.3 Å². The SMILES string of the molecule is Cc1c(CC(=O)N(C)C)ccc(NC(=O)c2nn(C3CCCN(C=O)C3)c3ncnc(N)c23)c1C. The van der Waals surface area contributed by atoms with Gasteiger partial charge in [-0.2, -0.15) is 5.10 Å². The number of carbonyl (C=O) groups excluding carboxylic acids is 3. The normalized spacial score (nSPS) is 15.8. The van der Waals surface area contributed by atoms with Crippen molar-refractivity contribution in [1.82, 2.24) is 29.5 Å². The van der Waals surface area contributed by atoms with Crippen LogP contribution in [0, 0.1) is 13.8 Å². The zero-order chi connectivity index (χ0) is 25.3. The molecule has 0 saturated carbocycles. The average molecular weight is 479 g/mol. The monoisotopic (exact) mass is 478 g/mol.